The molecule has 0 radical (unpaired) electrons. The van der Waals surface area contributed by atoms with Crippen molar-refractivity contribution in [3.8, 4) is 0 Å². The minimum atomic E-state index is 0.0750. The second-order valence-corrected chi connectivity index (χ2v) is 5.76. The molecule has 0 saturated heterocycles. The Morgan fingerprint density at radius 2 is 2.05 bits per heavy atom. The second-order valence-electron chi connectivity index (χ2n) is 5.76. The highest BCUT2D eigenvalue weighted by Gasteiger charge is 2.19. The first kappa shape index (κ1) is 15.0. The van der Waals surface area contributed by atoms with E-state index in [1.54, 1.807) is 0 Å². The maximum absolute atomic E-state index is 11.9. The van der Waals surface area contributed by atoms with Gasteiger partial charge in [0.1, 0.15) is 0 Å². The van der Waals surface area contributed by atoms with Gasteiger partial charge < -0.3 is 16.0 Å². The highest BCUT2D eigenvalue weighted by atomic mass is 16.1. The zero-order chi connectivity index (χ0) is 14.4. The minimum absolute atomic E-state index is 0.0750. The molecule has 1 aliphatic carbocycles. The summed E-state index contributed by atoms with van der Waals surface area (Å²) < 4.78 is 0. The molecule has 2 rings (SSSR count). The molecule has 1 aliphatic rings. The van der Waals surface area contributed by atoms with Crippen molar-refractivity contribution >= 4 is 11.6 Å². The first-order valence-corrected chi connectivity index (χ1v) is 7.45. The minimum Gasteiger partial charge on any atom is -0.326 e. The van der Waals surface area contributed by atoms with E-state index in [-0.39, 0.29) is 5.91 Å². The molecule has 110 valence electrons. The summed E-state index contributed by atoms with van der Waals surface area (Å²) in [7, 11) is 2.10. The number of carbonyl (C=O) groups is 1. The van der Waals surface area contributed by atoms with Crippen LogP contribution in [0.2, 0.25) is 0 Å². The number of amides is 1. The van der Waals surface area contributed by atoms with Crippen LogP contribution < -0.4 is 11.1 Å². The predicted molar refractivity (Wildman–Crippen MR) is 82.4 cm³/mol. The average Bonchev–Trinajstić information content (AvgIpc) is 2.41. The van der Waals surface area contributed by atoms with E-state index >= 15 is 0 Å². The summed E-state index contributed by atoms with van der Waals surface area (Å²) in [4.78, 5) is 14.1. The van der Waals surface area contributed by atoms with Gasteiger partial charge in [-0.25, -0.2) is 0 Å². The van der Waals surface area contributed by atoms with Crippen LogP contribution in [0.3, 0.4) is 0 Å². The number of carbonyl (C=O) groups excluding carboxylic acids is 1. The lowest BCUT2D eigenvalue weighted by molar-refractivity contribution is -0.116. The van der Waals surface area contributed by atoms with Gasteiger partial charge in [0.05, 0.1) is 0 Å². The Labute approximate surface area is 121 Å². The van der Waals surface area contributed by atoms with E-state index in [1.165, 1.54) is 19.3 Å². The zero-order valence-corrected chi connectivity index (χ0v) is 12.3. The number of hydrogen-bond acceptors (Lipinski definition) is 3. The van der Waals surface area contributed by atoms with Crippen molar-refractivity contribution < 1.29 is 4.79 Å². The molecule has 0 aliphatic heterocycles. The molecular weight excluding hydrogens is 250 g/mol. The summed E-state index contributed by atoms with van der Waals surface area (Å²) in [5.41, 5.74) is 7.46. The molecule has 3 N–H and O–H groups in total. The molecule has 0 heterocycles. The monoisotopic (exact) mass is 275 g/mol. The second kappa shape index (κ2) is 7.41. The van der Waals surface area contributed by atoms with Gasteiger partial charge in [0.15, 0.2) is 0 Å². The smallest absolute Gasteiger partial charge is 0.225 e. The molecule has 0 spiro atoms. The molecule has 0 aromatic heterocycles. The fourth-order valence-corrected chi connectivity index (χ4v) is 2.45. The van der Waals surface area contributed by atoms with Gasteiger partial charge in [-0.1, -0.05) is 18.6 Å². The van der Waals surface area contributed by atoms with E-state index in [1.807, 2.05) is 24.3 Å². The fraction of sp³-hybridized carbons (Fsp3) is 0.562. The van der Waals surface area contributed by atoms with E-state index in [4.69, 9.17) is 5.73 Å². The van der Waals surface area contributed by atoms with Gasteiger partial charge in [-0.05, 0) is 43.5 Å². The van der Waals surface area contributed by atoms with Crippen molar-refractivity contribution in [1.29, 1.82) is 0 Å². The van der Waals surface area contributed by atoms with Crippen LogP contribution in [0.5, 0.6) is 0 Å². The van der Waals surface area contributed by atoms with E-state index in [2.05, 4.69) is 17.3 Å². The molecule has 1 saturated carbocycles. The molecule has 0 atom stereocenters. The zero-order valence-electron chi connectivity index (χ0n) is 12.3. The average molecular weight is 275 g/mol. The van der Waals surface area contributed by atoms with Gasteiger partial charge in [0.2, 0.25) is 5.91 Å². The number of rotatable bonds is 7. The summed E-state index contributed by atoms with van der Waals surface area (Å²) in [5.74, 6) is 0.929. The van der Waals surface area contributed by atoms with Crippen LogP contribution in [0.1, 0.15) is 31.2 Å². The van der Waals surface area contributed by atoms with Gasteiger partial charge in [0.25, 0.3) is 0 Å². The normalized spacial score (nSPS) is 15.2. The van der Waals surface area contributed by atoms with Crippen molar-refractivity contribution in [3.63, 3.8) is 0 Å². The van der Waals surface area contributed by atoms with E-state index in [9.17, 15) is 4.79 Å². The molecule has 1 amide bonds. The van der Waals surface area contributed by atoms with Crippen LogP contribution >= 0.6 is 0 Å². The number of hydrogen-bond donors (Lipinski definition) is 2. The molecule has 4 nitrogen and oxygen atoms in total. The molecule has 1 aromatic carbocycles. The van der Waals surface area contributed by atoms with Crippen molar-refractivity contribution in [2.75, 3.05) is 25.5 Å². The summed E-state index contributed by atoms with van der Waals surface area (Å²) in [6.07, 6.45) is 4.62. The third-order valence-corrected chi connectivity index (χ3v) is 3.99. The summed E-state index contributed by atoms with van der Waals surface area (Å²) in [6, 6.07) is 7.69. The van der Waals surface area contributed by atoms with Gasteiger partial charge >= 0.3 is 0 Å². The lowest BCUT2D eigenvalue weighted by Crippen LogP contribution is -2.31. The largest absolute Gasteiger partial charge is 0.326 e. The van der Waals surface area contributed by atoms with E-state index in [0.717, 1.165) is 30.3 Å². The van der Waals surface area contributed by atoms with Crippen LogP contribution in [-0.4, -0.2) is 30.9 Å². The Kier molecular flexibility index (Phi) is 5.56. The molecule has 0 bridgehead atoms. The highest BCUT2D eigenvalue weighted by molar-refractivity contribution is 5.90. The number of benzene rings is 1. The number of nitrogens with two attached hydrogens (primary N) is 1. The van der Waals surface area contributed by atoms with Gasteiger partial charge in [-0.3, -0.25) is 4.79 Å². The van der Waals surface area contributed by atoms with Gasteiger partial charge in [0, 0.05) is 31.7 Å². The lowest BCUT2D eigenvalue weighted by Gasteiger charge is -2.29. The summed E-state index contributed by atoms with van der Waals surface area (Å²) in [6.45, 7) is 2.47. The Balaban J connectivity index is 1.68. The molecule has 1 fully saturated rings. The van der Waals surface area contributed by atoms with Crippen LogP contribution in [-0.2, 0) is 11.3 Å². The Morgan fingerprint density at radius 1 is 1.35 bits per heavy atom. The Bertz CT molecular complexity index is 426. The van der Waals surface area contributed by atoms with Crippen molar-refractivity contribution in [2.24, 2.45) is 11.7 Å². The molecule has 0 unspecified atom stereocenters. The molecule has 4 heteroatoms. The number of anilines is 1. The number of nitrogens with zero attached hydrogens (tertiary/aromatic N) is 1. The Hall–Kier alpha value is -1.39. The molecule has 20 heavy (non-hydrogen) atoms. The van der Waals surface area contributed by atoms with Gasteiger partial charge in [-0.15, -0.1) is 0 Å². The first-order chi connectivity index (χ1) is 9.67. The topological polar surface area (TPSA) is 58.4 Å². The fourth-order valence-electron chi connectivity index (χ4n) is 2.45. The van der Waals surface area contributed by atoms with Crippen molar-refractivity contribution in [1.82, 2.24) is 4.90 Å². The molecular formula is C16H25N3O. The van der Waals surface area contributed by atoms with Crippen LogP contribution in [0.15, 0.2) is 24.3 Å². The van der Waals surface area contributed by atoms with E-state index in [0.29, 0.717) is 13.0 Å². The third kappa shape index (κ3) is 4.62. The third-order valence-electron chi connectivity index (χ3n) is 3.99. The molecule has 1 aromatic rings. The van der Waals surface area contributed by atoms with Gasteiger partial charge in [-0.2, -0.15) is 0 Å². The van der Waals surface area contributed by atoms with Crippen LogP contribution in [0, 0.1) is 5.92 Å². The maximum Gasteiger partial charge on any atom is 0.225 e. The van der Waals surface area contributed by atoms with E-state index < -0.39 is 0 Å². The predicted octanol–water partition coefficient (Wildman–Crippen LogP) is 2.21. The lowest BCUT2D eigenvalue weighted by atomic mass is 9.85. The standard InChI is InChI=1S/C16H25N3O/c1-19(12-14-3-2-4-14)10-9-16(20)18-15-7-5-13(11-17)6-8-15/h5-8,14H,2-4,9-12,17H2,1H3,(H,18,20). The highest BCUT2D eigenvalue weighted by Crippen LogP contribution is 2.26. The number of nitrogens with one attached hydrogen (secondary N) is 1. The maximum atomic E-state index is 11.9. The van der Waals surface area contributed by atoms with Crippen molar-refractivity contribution in [2.45, 2.75) is 32.2 Å². The quantitative estimate of drug-likeness (QED) is 0.802. The summed E-state index contributed by atoms with van der Waals surface area (Å²) >= 11 is 0. The van der Waals surface area contributed by atoms with Crippen molar-refractivity contribution in [3.05, 3.63) is 29.8 Å². The first-order valence-electron chi connectivity index (χ1n) is 7.45. The SMILES string of the molecule is CN(CCC(=O)Nc1ccc(CN)cc1)CC1CCC1. The summed E-state index contributed by atoms with van der Waals surface area (Å²) in [5, 5.41) is 2.92. The van der Waals surface area contributed by atoms with Crippen LogP contribution in [0.4, 0.5) is 5.69 Å². The van der Waals surface area contributed by atoms with Crippen LogP contribution in [0.25, 0.3) is 0 Å². The Morgan fingerprint density at radius 3 is 2.60 bits per heavy atom.